The summed E-state index contributed by atoms with van der Waals surface area (Å²) in [5.74, 6) is 2.61. The lowest BCUT2D eigenvalue weighted by molar-refractivity contribution is 0.586. The number of rotatable bonds is 5. The molecule has 1 aliphatic carbocycles. The third kappa shape index (κ3) is 3.87. The van der Waals surface area contributed by atoms with Gasteiger partial charge < -0.3 is 15.5 Å². The summed E-state index contributed by atoms with van der Waals surface area (Å²) < 4.78 is 14.9. The van der Waals surface area contributed by atoms with E-state index in [0.29, 0.717) is 29.2 Å². The first kappa shape index (κ1) is 21.1. The average molecular weight is 483 g/mol. The first-order chi connectivity index (χ1) is 17.7. The average Bonchev–Trinajstić information content (AvgIpc) is 3.68. The Balaban J connectivity index is 1.29. The maximum absolute atomic E-state index is 13.5. The number of halogens is 1. The van der Waals surface area contributed by atoms with Gasteiger partial charge in [-0.05, 0) is 48.6 Å². The van der Waals surface area contributed by atoms with E-state index in [4.69, 9.17) is 9.97 Å². The number of fused-ring (bicyclic) bond motifs is 2. The number of pyridine rings is 3. The van der Waals surface area contributed by atoms with E-state index in [1.807, 2.05) is 24.5 Å². The zero-order valence-electron chi connectivity index (χ0n) is 19.4. The van der Waals surface area contributed by atoms with E-state index in [-0.39, 0.29) is 5.82 Å². The zero-order valence-corrected chi connectivity index (χ0v) is 19.4. The number of anilines is 3. The molecule has 180 valence electrons. The first-order valence-electron chi connectivity index (χ1n) is 12.1. The third-order valence-corrected chi connectivity index (χ3v) is 6.60. The number of aromatic nitrogens is 7. The van der Waals surface area contributed by atoms with Gasteiger partial charge >= 0.3 is 0 Å². The Bertz CT molecular complexity index is 1590. The monoisotopic (exact) mass is 482 g/mol. The normalized spacial score (nSPS) is 16.1. The number of hydrogen-bond acceptors (Lipinski definition) is 9. The van der Waals surface area contributed by atoms with E-state index in [0.717, 1.165) is 48.5 Å². The molecule has 0 aromatic carbocycles. The molecule has 0 spiro atoms. The van der Waals surface area contributed by atoms with Crippen molar-refractivity contribution >= 4 is 34.1 Å². The van der Waals surface area contributed by atoms with Gasteiger partial charge in [0, 0.05) is 49.5 Å². The number of nitrogens with zero attached hydrogens (tertiary/aromatic N) is 8. The third-order valence-electron chi connectivity index (χ3n) is 6.60. The second-order valence-electron chi connectivity index (χ2n) is 9.15. The molecule has 6 heterocycles. The van der Waals surface area contributed by atoms with Crippen LogP contribution in [0.5, 0.6) is 0 Å². The molecule has 10 nitrogen and oxygen atoms in total. The smallest absolute Gasteiger partial charge is 0.248 e. The molecular weight excluding hydrogens is 459 g/mol. The Kier molecular flexibility index (Phi) is 4.95. The van der Waals surface area contributed by atoms with Gasteiger partial charge in [-0.2, -0.15) is 4.98 Å². The predicted octanol–water partition coefficient (Wildman–Crippen LogP) is 3.30. The molecular formula is C25H23FN10. The van der Waals surface area contributed by atoms with Gasteiger partial charge in [0.1, 0.15) is 17.5 Å². The van der Waals surface area contributed by atoms with E-state index in [1.165, 1.54) is 35.2 Å². The van der Waals surface area contributed by atoms with Gasteiger partial charge in [-0.15, -0.1) is 5.10 Å². The van der Waals surface area contributed by atoms with Crippen LogP contribution in [0.15, 0.2) is 49.1 Å². The standard InChI is InChI=1S/C25H23FN10/c26-17-3-4-21-32-25(34-36(21)14-17)31-20-11-16(5-6-29-20)23-30-19-13-28-12-18(15-1-2-15)22(19)24(33-23)35-9-7-27-8-10-35/h3-6,11-15,27H,1-2,7-10H2,(H,29,31,34). The van der Waals surface area contributed by atoms with E-state index in [9.17, 15) is 4.39 Å². The molecule has 0 amide bonds. The molecule has 5 aromatic heterocycles. The molecule has 0 atom stereocenters. The summed E-state index contributed by atoms with van der Waals surface area (Å²) in [4.78, 5) is 25.6. The second kappa shape index (κ2) is 8.45. The van der Waals surface area contributed by atoms with Crippen molar-refractivity contribution in [3.63, 3.8) is 0 Å². The predicted molar refractivity (Wildman–Crippen MR) is 134 cm³/mol. The van der Waals surface area contributed by atoms with Crippen LogP contribution in [0.4, 0.5) is 22.0 Å². The van der Waals surface area contributed by atoms with Crippen molar-refractivity contribution in [2.45, 2.75) is 18.8 Å². The van der Waals surface area contributed by atoms with Crippen LogP contribution in [0.2, 0.25) is 0 Å². The summed E-state index contributed by atoms with van der Waals surface area (Å²) in [6.07, 6.45) is 9.17. The summed E-state index contributed by atoms with van der Waals surface area (Å²) in [6, 6.07) is 6.68. The van der Waals surface area contributed by atoms with Crippen molar-refractivity contribution < 1.29 is 4.39 Å². The Labute approximate surface area is 205 Å². The molecule has 2 N–H and O–H groups in total. The van der Waals surface area contributed by atoms with Crippen LogP contribution in [0.1, 0.15) is 24.3 Å². The highest BCUT2D eigenvalue weighted by Gasteiger charge is 2.29. The van der Waals surface area contributed by atoms with Gasteiger partial charge in [-0.25, -0.2) is 23.9 Å². The minimum Gasteiger partial charge on any atom is -0.353 e. The van der Waals surface area contributed by atoms with Gasteiger partial charge in [-0.1, -0.05) is 0 Å². The van der Waals surface area contributed by atoms with Crippen LogP contribution in [-0.2, 0) is 0 Å². The van der Waals surface area contributed by atoms with Crippen LogP contribution in [0, 0.1) is 5.82 Å². The quantitative estimate of drug-likeness (QED) is 0.390. The summed E-state index contributed by atoms with van der Waals surface area (Å²) in [6.45, 7) is 3.62. The molecule has 11 heteroatoms. The largest absolute Gasteiger partial charge is 0.353 e. The molecule has 0 radical (unpaired) electrons. The molecule has 36 heavy (non-hydrogen) atoms. The molecule has 1 saturated heterocycles. The van der Waals surface area contributed by atoms with Gasteiger partial charge in [0.15, 0.2) is 11.5 Å². The van der Waals surface area contributed by atoms with Gasteiger partial charge in [0.05, 0.1) is 17.9 Å². The summed E-state index contributed by atoms with van der Waals surface area (Å²) in [7, 11) is 0. The summed E-state index contributed by atoms with van der Waals surface area (Å²) >= 11 is 0. The summed E-state index contributed by atoms with van der Waals surface area (Å²) in [5, 5.41) is 11.9. The highest BCUT2D eigenvalue weighted by Crippen LogP contribution is 2.44. The van der Waals surface area contributed by atoms with E-state index < -0.39 is 0 Å². The lowest BCUT2D eigenvalue weighted by atomic mass is 10.1. The SMILES string of the molecule is Fc1ccc2nc(Nc3cc(-c4nc(N5CCNCC5)c5c(C6CC6)cncc5n4)ccn3)nn2c1. The van der Waals surface area contributed by atoms with Crippen LogP contribution < -0.4 is 15.5 Å². The molecule has 2 aliphatic rings. The highest BCUT2D eigenvalue weighted by atomic mass is 19.1. The fraction of sp³-hybridized carbons (Fsp3) is 0.280. The van der Waals surface area contributed by atoms with Gasteiger partial charge in [0.2, 0.25) is 5.95 Å². The van der Waals surface area contributed by atoms with E-state index >= 15 is 0 Å². The van der Waals surface area contributed by atoms with Crippen molar-refractivity contribution in [2.24, 2.45) is 0 Å². The molecule has 0 unspecified atom stereocenters. The molecule has 2 fully saturated rings. The molecule has 0 bridgehead atoms. The van der Waals surface area contributed by atoms with Gasteiger partial charge in [-0.3, -0.25) is 4.98 Å². The highest BCUT2D eigenvalue weighted by molar-refractivity contribution is 5.94. The molecule has 7 rings (SSSR count). The van der Waals surface area contributed by atoms with Crippen molar-refractivity contribution in [3.05, 3.63) is 60.4 Å². The maximum atomic E-state index is 13.5. The number of hydrogen-bond donors (Lipinski definition) is 2. The number of nitrogens with one attached hydrogen (secondary N) is 2. The number of piperazine rings is 1. The Morgan fingerprint density at radius 3 is 2.78 bits per heavy atom. The second-order valence-corrected chi connectivity index (χ2v) is 9.15. The zero-order chi connectivity index (χ0) is 24.1. The lowest BCUT2D eigenvalue weighted by Gasteiger charge is -2.30. The van der Waals surface area contributed by atoms with Crippen molar-refractivity contribution in [3.8, 4) is 11.4 Å². The van der Waals surface area contributed by atoms with Crippen molar-refractivity contribution in [1.29, 1.82) is 0 Å². The minimum atomic E-state index is -0.382. The van der Waals surface area contributed by atoms with E-state index in [2.05, 4.69) is 35.6 Å². The minimum absolute atomic E-state index is 0.324. The fourth-order valence-corrected chi connectivity index (χ4v) is 4.69. The molecule has 1 aliphatic heterocycles. The summed E-state index contributed by atoms with van der Waals surface area (Å²) in [5.41, 5.74) is 3.46. The van der Waals surface area contributed by atoms with Gasteiger partial charge in [0.25, 0.3) is 0 Å². The van der Waals surface area contributed by atoms with Crippen molar-refractivity contribution in [1.82, 2.24) is 39.9 Å². The van der Waals surface area contributed by atoms with Crippen molar-refractivity contribution in [2.75, 3.05) is 36.4 Å². The fourth-order valence-electron chi connectivity index (χ4n) is 4.69. The topological polar surface area (TPSA) is 109 Å². The molecule has 1 saturated carbocycles. The lowest BCUT2D eigenvalue weighted by Crippen LogP contribution is -2.44. The maximum Gasteiger partial charge on any atom is 0.248 e. The van der Waals surface area contributed by atoms with Crippen LogP contribution in [0.3, 0.4) is 0 Å². The Morgan fingerprint density at radius 1 is 1.03 bits per heavy atom. The Hall–Kier alpha value is -4.25. The first-order valence-corrected chi connectivity index (χ1v) is 12.1. The van der Waals surface area contributed by atoms with Crippen LogP contribution in [0.25, 0.3) is 27.9 Å². The van der Waals surface area contributed by atoms with E-state index in [1.54, 1.807) is 12.3 Å². The van der Waals surface area contributed by atoms with Crippen LogP contribution >= 0.6 is 0 Å². The molecule has 5 aromatic rings. The Morgan fingerprint density at radius 2 is 1.92 bits per heavy atom. The van der Waals surface area contributed by atoms with Crippen LogP contribution in [-0.4, -0.2) is 60.7 Å².